The minimum atomic E-state index is -0.463. The molecule has 2 aromatic heterocycles. The molecule has 0 unspecified atom stereocenters. The van der Waals surface area contributed by atoms with Gasteiger partial charge in [-0.3, -0.25) is 14.9 Å². The van der Waals surface area contributed by atoms with Crippen LogP contribution in [0.5, 0.6) is 0 Å². The third-order valence-electron chi connectivity index (χ3n) is 4.40. The van der Waals surface area contributed by atoms with Crippen LogP contribution in [0.1, 0.15) is 9.67 Å². The number of thiazole rings is 1. The third-order valence-corrected chi connectivity index (χ3v) is 7.23. The molecule has 3 heterocycles. The van der Waals surface area contributed by atoms with Gasteiger partial charge >= 0.3 is 5.00 Å². The Hall–Kier alpha value is -2.17. The number of benzene rings is 1. The Labute approximate surface area is 167 Å². The van der Waals surface area contributed by atoms with Gasteiger partial charge in [-0.2, -0.15) is 0 Å². The zero-order chi connectivity index (χ0) is 19.0. The van der Waals surface area contributed by atoms with Crippen LogP contribution in [-0.2, 0) is 0 Å². The normalized spacial score (nSPS) is 14.7. The van der Waals surface area contributed by atoms with Crippen LogP contribution in [0, 0.1) is 10.1 Å². The summed E-state index contributed by atoms with van der Waals surface area (Å²) >= 11 is 4.31. The lowest BCUT2D eigenvalue weighted by atomic mass is 10.3. The monoisotopic (exact) mass is 420 g/mol. The molecule has 10 heteroatoms. The molecule has 1 aliphatic rings. The van der Waals surface area contributed by atoms with Crippen molar-refractivity contribution >= 4 is 60.7 Å². The summed E-state index contributed by atoms with van der Waals surface area (Å²) in [5.74, 6) is -0.137. The molecule has 0 spiro atoms. The Morgan fingerprint density at radius 3 is 2.63 bits per heavy atom. The van der Waals surface area contributed by atoms with Crippen molar-refractivity contribution in [1.29, 1.82) is 0 Å². The van der Waals surface area contributed by atoms with Crippen molar-refractivity contribution in [3.63, 3.8) is 0 Å². The van der Waals surface area contributed by atoms with Gasteiger partial charge in [0.05, 0.1) is 20.0 Å². The van der Waals surface area contributed by atoms with Gasteiger partial charge in [0.15, 0.2) is 5.13 Å². The summed E-state index contributed by atoms with van der Waals surface area (Å²) in [5.41, 5.74) is 0.997. The van der Waals surface area contributed by atoms with Crippen LogP contribution in [-0.4, -0.2) is 53.1 Å². The highest BCUT2D eigenvalue weighted by Gasteiger charge is 2.26. The van der Waals surface area contributed by atoms with Gasteiger partial charge in [-0.15, -0.1) is 11.8 Å². The molecular formula is C17H16N4O3S3. The summed E-state index contributed by atoms with van der Waals surface area (Å²) in [5, 5.41) is 11.8. The molecule has 7 nitrogen and oxygen atoms in total. The molecule has 4 rings (SSSR count). The number of thioether (sulfide) groups is 1. The molecule has 1 fully saturated rings. The van der Waals surface area contributed by atoms with Crippen LogP contribution in [0.4, 0.5) is 10.1 Å². The Morgan fingerprint density at radius 2 is 1.96 bits per heavy atom. The van der Waals surface area contributed by atoms with E-state index < -0.39 is 4.92 Å². The number of rotatable bonds is 4. The fourth-order valence-corrected chi connectivity index (χ4v) is 5.31. The first-order valence-corrected chi connectivity index (χ1v) is 11.1. The van der Waals surface area contributed by atoms with Crippen LogP contribution < -0.4 is 4.90 Å². The predicted molar refractivity (Wildman–Crippen MR) is 110 cm³/mol. The Kier molecular flexibility index (Phi) is 5.02. The maximum Gasteiger partial charge on any atom is 0.324 e. The number of carbonyl (C=O) groups excluding carboxylic acids is 1. The minimum absolute atomic E-state index is 0.00364. The lowest BCUT2D eigenvalue weighted by Gasteiger charge is -2.34. The zero-order valence-corrected chi connectivity index (χ0v) is 16.9. The number of nitrogens with zero attached hydrogens (tertiary/aromatic N) is 4. The molecule has 3 aromatic rings. The van der Waals surface area contributed by atoms with Crippen LogP contribution in [0.3, 0.4) is 0 Å². The molecule has 0 aliphatic carbocycles. The number of fused-ring (bicyclic) bond motifs is 1. The lowest BCUT2D eigenvalue weighted by Crippen LogP contribution is -2.48. The van der Waals surface area contributed by atoms with Gasteiger partial charge in [-0.05, 0) is 30.5 Å². The molecule has 0 radical (unpaired) electrons. The first kappa shape index (κ1) is 18.2. The van der Waals surface area contributed by atoms with Crippen molar-refractivity contribution < 1.29 is 9.72 Å². The largest absolute Gasteiger partial charge is 0.345 e. The standard InChI is InChI=1S/C17H16N4O3S3/c1-25-11-2-3-12-14(10-11)27-17(18-12)20-8-6-19(7-9-20)16(22)13-4-5-15(26-13)21(23)24/h2-5,10H,6-9H2,1H3. The van der Waals surface area contributed by atoms with E-state index in [9.17, 15) is 14.9 Å². The maximum absolute atomic E-state index is 12.6. The van der Waals surface area contributed by atoms with E-state index in [4.69, 9.17) is 4.98 Å². The van der Waals surface area contributed by atoms with Crippen molar-refractivity contribution in [2.45, 2.75) is 4.90 Å². The van der Waals surface area contributed by atoms with Gasteiger partial charge < -0.3 is 9.80 Å². The highest BCUT2D eigenvalue weighted by atomic mass is 32.2. The summed E-state index contributed by atoms with van der Waals surface area (Å²) in [7, 11) is 0. The zero-order valence-electron chi connectivity index (χ0n) is 14.5. The predicted octanol–water partition coefficient (Wildman–Crippen LogP) is 3.95. The molecule has 140 valence electrons. The van der Waals surface area contributed by atoms with E-state index in [-0.39, 0.29) is 10.9 Å². The smallest absolute Gasteiger partial charge is 0.324 e. The minimum Gasteiger partial charge on any atom is -0.345 e. The number of piperazine rings is 1. The number of anilines is 1. The SMILES string of the molecule is CSc1ccc2nc(N3CCN(C(=O)c4ccc([N+](=O)[O-])s4)CC3)sc2c1. The van der Waals surface area contributed by atoms with Crippen LogP contribution in [0.15, 0.2) is 35.2 Å². The summed E-state index contributed by atoms with van der Waals surface area (Å²) in [6.45, 7) is 2.57. The van der Waals surface area contributed by atoms with E-state index in [1.165, 1.54) is 21.7 Å². The molecular weight excluding hydrogens is 404 g/mol. The van der Waals surface area contributed by atoms with Crippen LogP contribution in [0.2, 0.25) is 0 Å². The molecule has 1 saturated heterocycles. The lowest BCUT2D eigenvalue weighted by molar-refractivity contribution is -0.380. The molecule has 0 bridgehead atoms. The highest BCUT2D eigenvalue weighted by Crippen LogP contribution is 2.32. The molecule has 1 aromatic carbocycles. The van der Waals surface area contributed by atoms with Gasteiger partial charge in [0.25, 0.3) is 5.91 Å². The number of nitro groups is 1. The van der Waals surface area contributed by atoms with Crippen molar-refractivity contribution in [3.8, 4) is 0 Å². The first-order valence-electron chi connectivity index (χ1n) is 8.28. The average Bonchev–Trinajstić information content (AvgIpc) is 3.34. The van der Waals surface area contributed by atoms with E-state index in [0.29, 0.717) is 31.1 Å². The number of hydrogen-bond donors (Lipinski definition) is 0. The summed E-state index contributed by atoms with van der Waals surface area (Å²) < 4.78 is 1.17. The van der Waals surface area contributed by atoms with Crippen molar-refractivity contribution in [3.05, 3.63) is 45.3 Å². The second-order valence-corrected chi connectivity index (χ2v) is 8.96. The van der Waals surface area contributed by atoms with E-state index in [2.05, 4.69) is 23.3 Å². The Morgan fingerprint density at radius 1 is 1.19 bits per heavy atom. The fraction of sp³-hybridized carbons (Fsp3) is 0.294. The fourth-order valence-electron chi connectivity index (χ4n) is 2.95. The molecule has 0 saturated carbocycles. The van der Waals surface area contributed by atoms with Crippen LogP contribution in [0.25, 0.3) is 10.2 Å². The summed E-state index contributed by atoms with van der Waals surface area (Å²) in [4.78, 5) is 33.2. The van der Waals surface area contributed by atoms with Crippen molar-refractivity contribution in [1.82, 2.24) is 9.88 Å². The topological polar surface area (TPSA) is 79.6 Å². The first-order chi connectivity index (χ1) is 13.0. The molecule has 27 heavy (non-hydrogen) atoms. The quantitative estimate of drug-likeness (QED) is 0.361. The Balaban J connectivity index is 1.43. The van der Waals surface area contributed by atoms with Crippen molar-refractivity contribution in [2.75, 3.05) is 37.3 Å². The molecule has 0 atom stereocenters. The van der Waals surface area contributed by atoms with Gasteiger partial charge in [-0.1, -0.05) is 22.7 Å². The Bertz CT molecular complexity index is 1010. The molecule has 0 N–H and O–H groups in total. The van der Waals surface area contributed by atoms with E-state index in [0.717, 1.165) is 22.0 Å². The highest BCUT2D eigenvalue weighted by molar-refractivity contribution is 7.98. The van der Waals surface area contributed by atoms with Crippen molar-refractivity contribution in [2.24, 2.45) is 0 Å². The summed E-state index contributed by atoms with van der Waals surface area (Å²) in [6.07, 6.45) is 2.06. The summed E-state index contributed by atoms with van der Waals surface area (Å²) in [6, 6.07) is 9.20. The van der Waals surface area contributed by atoms with E-state index >= 15 is 0 Å². The van der Waals surface area contributed by atoms with Gasteiger partial charge in [0.2, 0.25) is 0 Å². The van der Waals surface area contributed by atoms with Gasteiger partial charge in [-0.25, -0.2) is 4.98 Å². The molecule has 1 amide bonds. The van der Waals surface area contributed by atoms with E-state index in [1.54, 1.807) is 28.0 Å². The maximum atomic E-state index is 12.6. The van der Waals surface area contributed by atoms with Gasteiger partial charge in [0.1, 0.15) is 0 Å². The molecule has 1 aliphatic heterocycles. The number of aromatic nitrogens is 1. The number of amides is 1. The number of hydrogen-bond acceptors (Lipinski definition) is 8. The van der Waals surface area contributed by atoms with Gasteiger partial charge in [0, 0.05) is 37.1 Å². The average molecular weight is 421 g/mol. The van der Waals surface area contributed by atoms with Crippen LogP contribution >= 0.6 is 34.4 Å². The van der Waals surface area contributed by atoms with E-state index in [1.807, 2.05) is 6.07 Å². The number of carbonyl (C=O) groups is 1. The second kappa shape index (κ2) is 7.45. The second-order valence-electron chi connectivity index (χ2n) is 6.00. The number of thiophene rings is 1. The third kappa shape index (κ3) is 3.64.